The summed E-state index contributed by atoms with van der Waals surface area (Å²) < 4.78 is 0. The molecule has 1 unspecified atom stereocenters. The molecular formula is C17H26N2. The Morgan fingerprint density at radius 3 is 2.68 bits per heavy atom. The van der Waals surface area contributed by atoms with Crippen LogP contribution in [0.2, 0.25) is 0 Å². The summed E-state index contributed by atoms with van der Waals surface area (Å²) in [6.45, 7) is 4.84. The van der Waals surface area contributed by atoms with E-state index in [-0.39, 0.29) is 0 Å². The Kier molecular flexibility index (Phi) is 4.19. The van der Waals surface area contributed by atoms with Crippen LogP contribution in [0.3, 0.4) is 0 Å². The molecule has 2 heteroatoms. The summed E-state index contributed by atoms with van der Waals surface area (Å²) in [5, 5.41) is 3.58. The molecule has 0 amide bonds. The maximum Gasteiger partial charge on any atom is 0.0239 e. The standard InChI is InChI=1S/C17H26N2/c1-2-7-16(8-3-1)15-19-14-5-4-9-17(19)10-6-12-18-13-11-17/h1-3,7-8,18H,4-6,9-15H2. The number of benzene rings is 1. The van der Waals surface area contributed by atoms with Crippen molar-refractivity contribution in [3.05, 3.63) is 35.9 Å². The second kappa shape index (κ2) is 6.06. The maximum atomic E-state index is 3.58. The molecule has 2 nitrogen and oxygen atoms in total. The predicted octanol–water partition coefficient (Wildman–Crippen LogP) is 3.18. The molecule has 3 rings (SSSR count). The molecule has 2 aliphatic rings. The number of hydrogen-bond acceptors (Lipinski definition) is 2. The number of hydrogen-bond donors (Lipinski definition) is 1. The summed E-state index contributed by atoms with van der Waals surface area (Å²) >= 11 is 0. The molecule has 2 saturated heterocycles. The summed E-state index contributed by atoms with van der Waals surface area (Å²) in [5.41, 5.74) is 1.96. The van der Waals surface area contributed by atoms with E-state index in [0.717, 1.165) is 6.54 Å². The Morgan fingerprint density at radius 2 is 1.79 bits per heavy atom. The normalized spacial score (nSPS) is 29.3. The van der Waals surface area contributed by atoms with Gasteiger partial charge in [0.15, 0.2) is 0 Å². The van der Waals surface area contributed by atoms with Crippen molar-refractivity contribution in [2.75, 3.05) is 19.6 Å². The smallest absolute Gasteiger partial charge is 0.0239 e. The van der Waals surface area contributed by atoms with Gasteiger partial charge in [0.25, 0.3) is 0 Å². The van der Waals surface area contributed by atoms with Crippen molar-refractivity contribution in [2.24, 2.45) is 0 Å². The number of nitrogens with zero attached hydrogens (tertiary/aromatic N) is 1. The Morgan fingerprint density at radius 1 is 0.947 bits per heavy atom. The number of rotatable bonds is 2. The van der Waals surface area contributed by atoms with Crippen molar-refractivity contribution < 1.29 is 0 Å². The molecule has 0 saturated carbocycles. The van der Waals surface area contributed by atoms with Crippen LogP contribution in [-0.4, -0.2) is 30.1 Å². The van der Waals surface area contributed by atoms with E-state index in [0.29, 0.717) is 5.54 Å². The fourth-order valence-electron chi connectivity index (χ4n) is 3.88. The molecule has 0 bridgehead atoms. The highest BCUT2D eigenvalue weighted by Gasteiger charge is 2.38. The first-order chi connectivity index (χ1) is 9.39. The zero-order chi connectivity index (χ0) is 13.0. The molecule has 1 aromatic carbocycles. The van der Waals surface area contributed by atoms with Crippen LogP contribution in [0, 0.1) is 0 Å². The van der Waals surface area contributed by atoms with Crippen LogP contribution in [0.4, 0.5) is 0 Å². The molecule has 2 fully saturated rings. The van der Waals surface area contributed by atoms with Crippen LogP contribution in [-0.2, 0) is 6.54 Å². The highest BCUT2D eigenvalue weighted by Crippen LogP contribution is 2.37. The van der Waals surface area contributed by atoms with Gasteiger partial charge in [-0.1, -0.05) is 36.8 Å². The topological polar surface area (TPSA) is 15.3 Å². The third kappa shape index (κ3) is 3.01. The molecular weight excluding hydrogens is 232 g/mol. The number of piperidine rings is 1. The summed E-state index contributed by atoms with van der Waals surface area (Å²) in [5.74, 6) is 0. The van der Waals surface area contributed by atoms with Crippen LogP contribution in [0.5, 0.6) is 0 Å². The maximum absolute atomic E-state index is 3.58. The quantitative estimate of drug-likeness (QED) is 0.876. The largest absolute Gasteiger partial charge is 0.317 e. The molecule has 104 valence electrons. The molecule has 0 aliphatic carbocycles. The zero-order valence-electron chi connectivity index (χ0n) is 11.9. The van der Waals surface area contributed by atoms with Crippen molar-refractivity contribution in [3.8, 4) is 0 Å². The average molecular weight is 258 g/mol. The van der Waals surface area contributed by atoms with Crippen molar-refractivity contribution in [1.82, 2.24) is 10.2 Å². The van der Waals surface area contributed by atoms with Crippen molar-refractivity contribution in [3.63, 3.8) is 0 Å². The minimum absolute atomic E-state index is 0.484. The van der Waals surface area contributed by atoms with Crippen molar-refractivity contribution in [2.45, 2.75) is 50.6 Å². The molecule has 1 aromatic rings. The van der Waals surface area contributed by atoms with E-state index in [1.54, 1.807) is 0 Å². The van der Waals surface area contributed by atoms with E-state index in [9.17, 15) is 0 Å². The molecule has 1 atom stereocenters. The number of nitrogens with one attached hydrogen (secondary N) is 1. The fourth-order valence-corrected chi connectivity index (χ4v) is 3.88. The molecule has 1 spiro atoms. The summed E-state index contributed by atoms with van der Waals surface area (Å²) in [7, 11) is 0. The predicted molar refractivity (Wildman–Crippen MR) is 80.2 cm³/mol. The van der Waals surface area contributed by atoms with E-state index < -0.39 is 0 Å². The van der Waals surface area contributed by atoms with Gasteiger partial charge in [-0.2, -0.15) is 0 Å². The third-order valence-electron chi connectivity index (χ3n) is 4.97. The Balaban J connectivity index is 1.76. The zero-order valence-corrected chi connectivity index (χ0v) is 11.9. The van der Waals surface area contributed by atoms with Gasteiger partial charge < -0.3 is 5.32 Å². The summed E-state index contributed by atoms with van der Waals surface area (Å²) in [6.07, 6.45) is 8.26. The molecule has 2 aliphatic heterocycles. The lowest BCUT2D eigenvalue weighted by Gasteiger charge is -2.47. The van der Waals surface area contributed by atoms with Gasteiger partial charge in [0.1, 0.15) is 0 Å². The molecule has 1 N–H and O–H groups in total. The van der Waals surface area contributed by atoms with Crippen LogP contribution in [0.1, 0.15) is 44.1 Å². The van der Waals surface area contributed by atoms with E-state index in [2.05, 4.69) is 40.5 Å². The Labute approximate surface area is 117 Å². The lowest BCUT2D eigenvalue weighted by atomic mass is 9.80. The first-order valence-corrected chi connectivity index (χ1v) is 7.89. The highest BCUT2D eigenvalue weighted by molar-refractivity contribution is 5.15. The van der Waals surface area contributed by atoms with E-state index >= 15 is 0 Å². The van der Waals surface area contributed by atoms with E-state index in [4.69, 9.17) is 0 Å². The average Bonchev–Trinajstić information content (AvgIpc) is 2.69. The number of likely N-dealkylation sites (tertiary alicyclic amines) is 1. The third-order valence-corrected chi connectivity index (χ3v) is 4.97. The van der Waals surface area contributed by atoms with Gasteiger partial charge in [-0.25, -0.2) is 0 Å². The summed E-state index contributed by atoms with van der Waals surface area (Å²) in [6, 6.07) is 11.0. The van der Waals surface area contributed by atoms with Gasteiger partial charge in [0.05, 0.1) is 0 Å². The van der Waals surface area contributed by atoms with Crippen LogP contribution < -0.4 is 5.32 Å². The molecule has 0 aromatic heterocycles. The minimum Gasteiger partial charge on any atom is -0.317 e. The van der Waals surface area contributed by atoms with Gasteiger partial charge in [0.2, 0.25) is 0 Å². The van der Waals surface area contributed by atoms with Gasteiger partial charge >= 0.3 is 0 Å². The van der Waals surface area contributed by atoms with Gasteiger partial charge in [-0.15, -0.1) is 0 Å². The van der Waals surface area contributed by atoms with Crippen LogP contribution in [0.25, 0.3) is 0 Å². The second-order valence-corrected chi connectivity index (χ2v) is 6.19. The van der Waals surface area contributed by atoms with Gasteiger partial charge in [-0.3, -0.25) is 4.90 Å². The monoisotopic (exact) mass is 258 g/mol. The first kappa shape index (κ1) is 13.1. The Hall–Kier alpha value is -0.860. The van der Waals surface area contributed by atoms with Gasteiger partial charge in [0, 0.05) is 12.1 Å². The van der Waals surface area contributed by atoms with E-state index in [1.807, 2.05) is 0 Å². The van der Waals surface area contributed by atoms with Crippen molar-refractivity contribution in [1.29, 1.82) is 0 Å². The first-order valence-electron chi connectivity index (χ1n) is 7.89. The summed E-state index contributed by atoms with van der Waals surface area (Å²) in [4.78, 5) is 2.79. The molecule has 19 heavy (non-hydrogen) atoms. The van der Waals surface area contributed by atoms with Gasteiger partial charge in [-0.05, 0) is 57.3 Å². The second-order valence-electron chi connectivity index (χ2n) is 6.19. The SMILES string of the molecule is c1ccc(CN2CCCCC23CCCNCC3)cc1. The Bertz CT molecular complexity index is 380. The lowest BCUT2D eigenvalue weighted by Crippen LogP contribution is -2.51. The highest BCUT2D eigenvalue weighted by atomic mass is 15.2. The van der Waals surface area contributed by atoms with E-state index in [1.165, 1.54) is 63.7 Å². The van der Waals surface area contributed by atoms with Crippen LogP contribution >= 0.6 is 0 Å². The lowest BCUT2D eigenvalue weighted by molar-refractivity contribution is 0.0281. The van der Waals surface area contributed by atoms with Crippen molar-refractivity contribution >= 4 is 0 Å². The van der Waals surface area contributed by atoms with Crippen LogP contribution in [0.15, 0.2) is 30.3 Å². The molecule has 2 heterocycles. The molecule has 0 radical (unpaired) electrons. The fraction of sp³-hybridized carbons (Fsp3) is 0.647. The minimum atomic E-state index is 0.484.